The molecule has 0 aliphatic heterocycles. The number of carbonyl (C=O) groups is 1. The molecule has 148 valence electrons. The second-order valence-corrected chi connectivity index (χ2v) is 9.49. The molecule has 0 N–H and O–H groups in total. The second kappa shape index (κ2) is 10.2. The van der Waals surface area contributed by atoms with E-state index in [0.29, 0.717) is 6.61 Å². The molecule has 3 heteroatoms. The third-order valence-corrected chi connectivity index (χ3v) is 7.02. The summed E-state index contributed by atoms with van der Waals surface area (Å²) in [7, 11) is 0. The molecule has 3 aromatic carbocycles. The Morgan fingerprint density at radius 3 is 1.79 bits per heavy atom. The number of rotatable bonds is 7. The Morgan fingerprint density at radius 1 is 0.793 bits per heavy atom. The molecule has 0 aliphatic carbocycles. The van der Waals surface area contributed by atoms with Gasteiger partial charge in [0.2, 0.25) is 0 Å². The average molecular weight is 449 g/mol. The monoisotopic (exact) mass is 450 g/mol. The van der Waals surface area contributed by atoms with E-state index in [9.17, 15) is 4.79 Å². The summed E-state index contributed by atoms with van der Waals surface area (Å²) in [5.41, 5.74) is 6.14. The van der Waals surface area contributed by atoms with E-state index >= 15 is 0 Å². The molecule has 3 rings (SSSR count). The maximum atomic E-state index is 11.3. The molecule has 0 bridgehead atoms. The zero-order valence-corrected chi connectivity index (χ0v) is 18.9. The number of benzene rings is 3. The van der Waals surface area contributed by atoms with E-state index in [4.69, 9.17) is 4.74 Å². The Morgan fingerprint density at radius 2 is 1.31 bits per heavy atom. The summed E-state index contributed by atoms with van der Waals surface area (Å²) in [5, 5.41) is 0. The fourth-order valence-electron chi connectivity index (χ4n) is 3.07. The second-order valence-electron chi connectivity index (χ2n) is 7.04. The minimum atomic E-state index is -0.233. The normalized spacial score (nSPS) is 10.4. The van der Waals surface area contributed by atoms with Crippen LogP contribution < -0.4 is 4.46 Å². The van der Waals surface area contributed by atoms with E-state index in [-0.39, 0.29) is 20.9 Å². The molecule has 0 heterocycles. The van der Waals surface area contributed by atoms with Crippen LogP contribution in [0.3, 0.4) is 0 Å². The standard InChI is InChI=1S/C26H26O2Se/c1-19-9-13-22(14-10-19)26(23-15-11-20(2)12-16-23)25(17-18-28-21(3)27)29-24-7-5-4-6-8-24/h4-16H,17-18H2,1-3H3. The van der Waals surface area contributed by atoms with Crippen LogP contribution in [0.25, 0.3) is 5.57 Å². The summed E-state index contributed by atoms with van der Waals surface area (Å²) in [5.74, 6) is -0.233. The molecule has 29 heavy (non-hydrogen) atoms. The molecule has 2 nitrogen and oxygen atoms in total. The Kier molecular flexibility index (Phi) is 7.46. The van der Waals surface area contributed by atoms with Gasteiger partial charge in [0, 0.05) is 0 Å². The van der Waals surface area contributed by atoms with Crippen LogP contribution in [-0.2, 0) is 9.53 Å². The molecule has 0 saturated heterocycles. The Labute approximate surface area is 179 Å². The van der Waals surface area contributed by atoms with E-state index in [1.54, 1.807) is 0 Å². The molecule has 0 radical (unpaired) electrons. The maximum absolute atomic E-state index is 11.3. The predicted octanol–water partition coefficient (Wildman–Crippen LogP) is 5.05. The van der Waals surface area contributed by atoms with Crippen molar-refractivity contribution >= 4 is 31.0 Å². The summed E-state index contributed by atoms with van der Waals surface area (Å²) in [6, 6.07) is 27.9. The van der Waals surface area contributed by atoms with Gasteiger partial charge >= 0.3 is 180 Å². The van der Waals surface area contributed by atoms with Gasteiger partial charge in [-0.1, -0.05) is 0 Å². The minimum absolute atomic E-state index is 0.131. The SMILES string of the molecule is CC(=O)OCCC([Se]c1ccccc1)=C(c1ccc(C)cc1)c1ccc(C)cc1. The van der Waals surface area contributed by atoms with Crippen molar-refractivity contribution in [2.24, 2.45) is 0 Å². The molecular formula is C26H26O2Se. The van der Waals surface area contributed by atoms with Crippen LogP contribution in [-0.4, -0.2) is 27.5 Å². The topological polar surface area (TPSA) is 26.3 Å². The van der Waals surface area contributed by atoms with Crippen LogP contribution in [0.15, 0.2) is 83.3 Å². The average Bonchev–Trinajstić information content (AvgIpc) is 2.71. The van der Waals surface area contributed by atoms with Gasteiger partial charge in [0.25, 0.3) is 0 Å². The molecule has 0 fully saturated rings. The van der Waals surface area contributed by atoms with E-state index in [1.807, 2.05) is 6.07 Å². The summed E-state index contributed by atoms with van der Waals surface area (Å²) in [6.45, 7) is 6.08. The molecular weight excluding hydrogens is 423 g/mol. The van der Waals surface area contributed by atoms with Gasteiger partial charge in [-0.2, -0.15) is 0 Å². The Balaban J connectivity index is 2.11. The van der Waals surface area contributed by atoms with Gasteiger partial charge in [-0.15, -0.1) is 0 Å². The summed E-state index contributed by atoms with van der Waals surface area (Å²) < 4.78 is 7.95. The van der Waals surface area contributed by atoms with Crippen molar-refractivity contribution < 1.29 is 9.53 Å². The summed E-state index contributed by atoms with van der Waals surface area (Å²) >= 11 is 0.131. The fraction of sp³-hybridized carbons (Fsp3) is 0.192. The molecule has 3 aromatic rings. The first kappa shape index (κ1) is 21.1. The first-order valence-electron chi connectivity index (χ1n) is 9.76. The first-order chi connectivity index (χ1) is 14.0. The van der Waals surface area contributed by atoms with Crippen LogP contribution >= 0.6 is 0 Å². The number of hydrogen-bond acceptors (Lipinski definition) is 2. The molecule has 0 aliphatic rings. The van der Waals surface area contributed by atoms with Crippen molar-refractivity contribution in [3.05, 3.63) is 106 Å². The van der Waals surface area contributed by atoms with Gasteiger partial charge in [0.1, 0.15) is 0 Å². The summed E-state index contributed by atoms with van der Waals surface area (Å²) in [6.07, 6.45) is 0.728. The fourth-order valence-corrected chi connectivity index (χ4v) is 5.38. The van der Waals surface area contributed by atoms with E-state index in [0.717, 1.165) is 6.42 Å². The quantitative estimate of drug-likeness (QED) is 0.373. The third-order valence-electron chi connectivity index (χ3n) is 4.58. The van der Waals surface area contributed by atoms with Crippen molar-refractivity contribution in [3.63, 3.8) is 0 Å². The molecule has 0 aromatic heterocycles. The van der Waals surface area contributed by atoms with E-state index in [1.165, 1.54) is 43.7 Å². The van der Waals surface area contributed by atoms with Gasteiger partial charge < -0.3 is 0 Å². The van der Waals surface area contributed by atoms with Crippen molar-refractivity contribution in [1.29, 1.82) is 0 Å². The summed E-state index contributed by atoms with van der Waals surface area (Å²) in [4.78, 5) is 11.3. The Bertz CT molecular complexity index is 924. The predicted molar refractivity (Wildman–Crippen MR) is 121 cm³/mol. The van der Waals surface area contributed by atoms with Gasteiger partial charge in [-0.05, 0) is 0 Å². The van der Waals surface area contributed by atoms with Gasteiger partial charge in [-0.25, -0.2) is 0 Å². The van der Waals surface area contributed by atoms with E-state index < -0.39 is 0 Å². The van der Waals surface area contributed by atoms with Gasteiger partial charge in [0.05, 0.1) is 0 Å². The number of ether oxygens (including phenoxy) is 1. The third kappa shape index (κ3) is 6.18. The van der Waals surface area contributed by atoms with Crippen molar-refractivity contribution in [2.45, 2.75) is 27.2 Å². The van der Waals surface area contributed by atoms with Gasteiger partial charge in [0.15, 0.2) is 0 Å². The van der Waals surface area contributed by atoms with Crippen LogP contribution in [0, 0.1) is 13.8 Å². The number of esters is 1. The molecule has 0 saturated carbocycles. The first-order valence-corrected chi connectivity index (χ1v) is 11.5. The molecule has 0 spiro atoms. The van der Waals surface area contributed by atoms with Crippen LogP contribution in [0.2, 0.25) is 0 Å². The van der Waals surface area contributed by atoms with Crippen molar-refractivity contribution in [1.82, 2.24) is 0 Å². The zero-order valence-electron chi connectivity index (χ0n) is 17.1. The molecule has 0 atom stereocenters. The number of aryl methyl sites for hydroxylation is 2. The molecule has 0 unspecified atom stereocenters. The number of carbonyl (C=O) groups excluding carboxylic acids is 1. The number of hydrogen-bond donors (Lipinski definition) is 0. The van der Waals surface area contributed by atoms with E-state index in [2.05, 4.69) is 86.6 Å². The van der Waals surface area contributed by atoms with Crippen molar-refractivity contribution in [3.8, 4) is 0 Å². The van der Waals surface area contributed by atoms with Gasteiger partial charge in [-0.3, -0.25) is 0 Å². The van der Waals surface area contributed by atoms with Crippen LogP contribution in [0.4, 0.5) is 0 Å². The molecule has 0 amide bonds. The van der Waals surface area contributed by atoms with Crippen molar-refractivity contribution in [2.75, 3.05) is 6.61 Å². The van der Waals surface area contributed by atoms with Crippen LogP contribution in [0.1, 0.15) is 35.6 Å². The van der Waals surface area contributed by atoms with Crippen LogP contribution in [0.5, 0.6) is 0 Å². The Hall–Kier alpha value is -2.61. The zero-order chi connectivity index (χ0) is 20.6.